The van der Waals surface area contributed by atoms with Crippen molar-refractivity contribution in [3.8, 4) is 0 Å². The second-order valence-corrected chi connectivity index (χ2v) is 5.81. The highest BCUT2D eigenvalue weighted by Crippen LogP contribution is 2.22. The third kappa shape index (κ3) is 5.88. The molecule has 0 saturated heterocycles. The lowest BCUT2D eigenvalue weighted by atomic mass is 10.1. The summed E-state index contributed by atoms with van der Waals surface area (Å²) in [5.74, 6) is 0. The Morgan fingerprint density at radius 2 is 1.16 bits per heavy atom. The predicted octanol–water partition coefficient (Wildman–Crippen LogP) is 4.97. The van der Waals surface area contributed by atoms with Crippen molar-refractivity contribution >= 4 is 0 Å². The lowest BCUT2D eigenvalue weighted by Gasteiger charge is -2.33. The number of nitrogens with zero attached hydrogens (tertiary/aromatic N) is 2. The number of hydrogen-bond donors (Lipinski definition) is 0. The van der Waals surface area contributed by atoms with Gasteiger partial charge in [-0.1, -0.05) is 52.9 Å². The van der Waals surface area contributed by atoms with Crippen LogP contribution in [-0.2, 0) is 0 Å². The van der Waals surface area contributed by atoms with Gasteiger partial charge in [0.15, 0.2) is 0 Å². The first-order valence-electron chi connectivity index (χ1n) is 8.53. The fraction of sp³-hybridized carbons (Fsp3) is 0.882. The van der Waals surface area contributed by atoms with Gasteiger partial charge in [0, 0.05) is 25.5 Å². The second kappa shape index (κ2) is 10.2. The molecule has 0 saturated carbocycles. The van der Waals surface area contributed by atoms with Crippen molar-refractivity contribution in [3.05, 3.63) is 12.4 Å². The van der Waals surface area contributed by atoms with Gasteiger partial charge < -0.3 is 9.80 Å². The number of unbranched alkanes of at least 4 members (excludes halogenated alkanes) is 5. The fourth-order valence-corrected chi connectivity index (χ4v) is 2.81. The molecule has 2 nitrogen and oxygen atoms in total. The lowest BCUT2D eigenvalue weighted by molar-refractivity contribution is 0.136. The van der Waals surface area contributed by atoms with Crippen molar-refractivity contribution < 1.29 is 0 Å². The van der Waals surface area contributed by atoms with E-state index in [1.54, 1.807) is 0 Å². The topological polar surface area (TPSA) is 6.48 Å². The molecule has 0 atom stereocenters. The molecular formula is C17H34N2. The first kappa shape index (κ1) is 16.4. The molecule has 0 fully saturated rings. The third-order valence-corrected chi connectivity index (χ3v) is 4.07. The van der Waals surface area contributed by atoms with Crippen LogP contribution in [0.5, 0.6) is 0 Å². The van der Waals surface area contributed by atoms with Gasteiger partial charge in [0.25, 0.3) is 0 Å². The van der Waals surface area contributed by atoms with Crippen LogP contribution in [0.15, 0.2) is 12.4 Å². The van der Waals surface area contributed by atoms with E-state index in [0.29, 0.717) is 6.17 Å². The van der Waals surface area contributed by atoms with Gasteiger partial charge in [-0.05, 0) is 25.7 Å². The third-order valence-electron chi connectivity index (χ3n) is 4.07. The summed E-state index contributed by atoms with van der Waals surface area (Å²) in [5.41, 5.74) is 0. The van der Waals surface area contributed by atoms with Crippen molar-refractivity contribution in [3.63, 3.8) is 0 Å². The molecule has 0 amide bonds. The standard InChI is InChI=1S/C17H34N2/c1-4-7-10-13-18-15-16-19(14-11-8-5-2)17(18)12-9-6-3/h15-17H,4-14H2,1-3H3. The Kier molecular flexibility index (Phi) is 8.77. The summed E-state index contributed by atoms with van der Waals surface area (Å²) < 4.78 is 0. The first-order chi connectivity index (χ1) is 9.33. The predicted molar refractivity (Wildman–Crippen MR) is 84.9 cm³/mol. The van der Waals surface area contributed by atoms with Crippen LogP contribution in [0.25, 0.3) is 0 Å². The molecule has 0 aliphatic carbocycles. The quantitative estimate of drug-likeness (QED) is 0.487. The average Bonchev–Trinajstić information content (AvgIpc) is 2.80. The van der Waals surface area contributed by atoms with E-state index in [1.807, 2.05) is 0 Å². The molecule has 1 heterocycles. The van der Waals surface area contributed by atoms with E-state index in [-0.39, 0.29) is 0 Å². The van der Waals surface area contributed by atoms with Crippen molar-refractivity contribution in [2.75, 3.05) is 13.1 Å². The maximum atomic E-state index is 2.58. The van der Waals surface area contributed by atoms with Gasteiger partial charge in [-0.25, -0.2) is 0 Å². The molecule has 0 aromatic carbocycles. The molecule has 1 rings (SSSR count). The Morgan fingerprint density at radius 3 is 1.58 bits per heavy atom. The molecule has 1 aliphatic rings. The smallest absolute Gasteiger partial charge is 0.101 e. The van der Waals surface area contributed by atoms with E-state index in [4.69, 9.17) is 0 Å². The van der Waals surface area contributed by atoms with Crippen LogP contribution in [-0.4, -0.2) is 29.1 Å². The second-order valence-electron chi connectivity index (χ2n) is 5.81. The lowest BCUT2D eigenvalue weighted by Crippen LogP contribution is -2.39. The minimum absolute atomic E-state index is 0.647. The highest BCUT2D eigenvalue weighted by Gasteiger charge is 2.24. The molecule has 0 radical (unpaired) electrons. The first-order valence-corrected chi connectivity index (χ1v) is 8.53. The summed E-state index contributed by atoms with van der Waals surface area (Å²) >= 11 is 0. The Hall–Kier alpha value is -0.660. The van der Waals surface area contributed by atoms with Gasteiger partial charge in [-0.3, -0.25) is 0 Å². The van der Waals surface area contributed by atoms with Crippen LogP contribution >= 0.6 is 0 Å². The molecule has 19 heavy (non-hydrogen) atoms. The Labute approximate surface area is 120 Å². The van der Waals surface area contributed by atoms with E-state index in [1.165, 1.54) is 70.9 Å². The number of hydrogen-bond acceptors (Lipinski definition) is 2. The van der Waals surface area contributed by atoms with Crippen LogP contribution in [0.2, 0.25) is 0 Å². The molecule has 1 aliphatic heterocycles. The van der Waals surface area contributed by atoms with E-state index in [2.05, 4.69) is 43.0 Å². The van der Waals surface area contributed by atoms with E-state index < -0.39 is 0 Å². The molecule has 2 heteroatoms. The van der Waals surface area contributed by atoms with Gasteiger partial charge in [-0.15, -0.1) is 0 Å². The van der Waals surface area contributed by atoms with Crippen LogP contribution < -0.4 is 0 Å². The monoisotopic (exact) mass is 266 g/mol. The maximum Gasteiger partial charge on any atom is 0.101 e. The van der Waals surface area contributed by atoms with Crippen LogP contribution in [0.4, 0.5) is 0 Å². The average molecular weight is 266 g/mol. The fourth-order valence-electron chi connectivity index (χ4n) is 2.81. The molecule has 0 aromatic rings. The summed E-state index contributed by atoms with van der Waals surface area (Å²) in [6.07, 6.45) is 17.3. The zero-order valence-electron chi connectivity index (χ0n) is 13.4. The Bertz CT molecular complexity index is 217. The SMILES string of the molecule is CCCCCN1C=CN(CCCCC)C1CCCC. The van der Waals surface area contributed by atoms with Crippen molar-refractivity contribution in [1.29, 1.82) is 0 Å². The summed E-state index contributed by atoms with van der Waals surface area (Å²) in [4.78, 5) is 5.16. The molecule has 112 valence electrons. The normalized spacial score (nSPS) is 15.7. The molecule has 0 bridgehead atoms. The minimum atomic E-state index is 0.647. The van der Waals surface area contributed by atoms with Gasteiger partial charge in [-0.2, -0.15) is 0 Å². The zero-order chi connectivity index (χ0) is 13.9. The summed E-state index contributed by atoms with van der Waals surface area (Å²) in [6, 6.07) is 0. The molecule has 0 aromatic heterocycles. The van der Waals surface area contributed by atoms with Crippen molar-refractivity contribution in [1.82, 2.24) is 9.80 Å². The molecule has 0 spiro atoms. The van der Waals surface area contributed by atoms with Crippen LogP contribution in [0.3, 0.4) is 0 Å². The van der Waals surface area contributed by atoms with Gasteiger partial charge in [0.1, 0.15) is 6.17 Å². The summed E-state index contributed by atoms with van der Waals surface area (Å²) in [7, 11) is 0. The molecular weight excluding hydrogens is 232 g/mol. The van der Waals surface area contributed by atoms with E-state index >= 15 is 0 Å². The Balaban J connectivity index is 2.40. The molecule has 0 N–H and O–H groups in total. The van der Waals surface area contributed by atoms with E-state index in [9.17, 15) is 0 Å². The summed E-state index contributed by atoms with van der Waals surface area (Å²) in [6.45, 7) is 9.34. The number of rotatable bonds is 11. The zero-order valence-corrected chi connectivity index (χ0v) is 13.4. The van der Waals surface area contributed by atoms with Crippen molar-refractivity contribution in [2.45, 2.75) is 84.7 Å². The highest BCUT2D eigenvalue weighted by atomic mass is 15.4. The van der Waals surface area contributed by atoms with Crippen LogP contribution in [0.1, 0.15) is 78.6 Å². The molecule has 0 unspecified atom stereocenters. The van der Waals surface area contributed by atoms with E-state index in [0.717, 1.165) is 0 Å². The highest BCUT2D eigenvalue weighted by molar-refractivity contribution is 4.96. The van der Waals surface area contributed by atoms with Gasteiger partial charge in [0.2, 0.25) is 0 Å². The minimum Gasteiger partial charge on any atom is -0.356 e. The maximum absolute atomic E-state index is 2.58. The van der Waals surface area contributed by atoms with Crippen molar-refractivity contribution in [2.24, 2.45) is 0 Å². The van der Waals surface area contributed by atoms with Gasteiger partial charge >= 0.3 is 0 Å². The Morgan fingerprint density at radius 1 is 0.684 bits per heavy atom. The summed E-state index contributed by atoms with van der Waals surface area (Å²) in [5, 5.41) is 0. The largest absolute Gasteiger partial charge is 0.356 e. The van der Waals surface area contributed by atoms with Crippen LogP contribution in [0, 0.1) is 0 Å². The van der Waals surface area contributed by atoms with Gasteiger partial charge in [0.05, 0.1) is 0 Å².